The summed E-state index contributed by atoms with van der Waals surface area (Å²) in [5.41, 5.74) is 3.38. The molecule has 0 fully saturated rings. The van der Waals surface area contributed by atoms with Crippen LogP contribution in [0.5, 0.6) is 11.5 Å². The van der Waals surface area contributed by atoms with Crippen molar-refractivity contribution in [3.8, 4) is 11.5 Å². The third-order valence-electron chi connectivity index (χ3n) is 3.33. The monoisotopic (exact) mass is 366 g/mol. The Morgan fingerprint density at radius 3 is 2.38 bits per heavy atom. The molecule has 1 nitrogen and oxygen atoms in total. The molecule has 0 atom stereocenters. The molecule has 2 rings (SSSR count). The number of alkyl halides is 1. The molecule has 112 valence electrons. The van der Waals surface area contributed by atoms with E-state index in [2.05, 4.69) is 61.8 Å². The molecular formula is C18H20BrClO. The molecule has 0 aliphatic carbocycles. The van der Waals surface area contributed by atoms with E-state index in [1.807, 2.05) is 18.2 Å². The first-order chi connectivity index (χ1) is 9.81. The van der Waals surface area contributed by atoms with Gasteiger partial charge in [-0.05, 0) is 42.2 Å². The number of aryl methyl sites for hydroxylation is 1. The van der Waals surface area contributed by atoms with Crippen molar-refractivity contribution in [1.82, 2.24) is 0 Å². The Morgan fingerprint density at radius 1 is 1.05 bits per heavy atom. The zero-order valence-corrected chi connectivity index (χ0v) is 15.2. The Kier molecular flexibility index (Phi) is 5.00. The van der Waals surface area contributed by atoms with E-state index >= 15 is 0 Å². The first-order valence-electron chi connectivity index (χ1n) is 6.94. The molecule has 3 heteroatoms. The van der Waals surface area contributed by atoms with E-state index in [1.165, 1.54) is 11.1 Å². The van der Waals surface area contributed by atoms with Crippen LogP contribution in [0.2, 0.25) is 0 Å². The van der Waals surface area contributed by atoms with Crippen LogP contribution in [0.15, 0.2) is 40.9 Å². The molecule has 0 unspecified atom stereocenters. The van der Waals surface area contributed by atoms with Crippen LogP contribution in [-0.2, 0) is 11.3 Å². The maximum Gasteiger partial charge on any atom is 0.131 e. The summed E-state index contributed by atoms with van der Waals surface area (Å²) in [4.78, 5) is 0. The average molecular weight is 368 g/mol. The number of ether oxygens (including phenoxy) is 1. The molecule has 0 spiro atoms. The standard InChI is InChI=1S/C18H20BrClO/c1-12-5-7-15(18(2,3)4)17(9-12)21-16-8-6-14(19)10-13(16)11-20/h5-10H,11H2,1-4H3. The van der Waals surface area contributed by atoms with Crippen molar-refractivity contribution < 1.29 is 4.74 Å². The van der Waals surface area contributed by atoms with Gasteiger partial charge in [-0.25, -0.2) is 0 Å². The number of halogens is 2. The number of hydrogen-bond donors (Lipinski definition) is 0. The average Bonchev–Trinajstić information content (AvgIpc) is 2.39. The zero-order chi connectivity index (χ0) is 15.6. The van der Waals surface area contributed by atoms with Crippen molar-refractivity contribution in [2.45, 2.75) is 39.0 Å². The van der Waals surface area contributed by atoms with Gasteiger partial charge in [-0.1, -0.05) is 48.8 Å². The highest BCUT2D eigenvalue weighted by molar-refractivity contribution is 9.10. The van der Waals surface area contributed by atoms with Crippen LogP contribution in [0.1, 0.15) is 37.5 Å². The van der Waals surface area contributed by atoms with E-state index in [-0.39, 0.29) is 5.41 Å². The fourth-order valence-electron chi connectivity index (χ4n) is 2.20. The second-order valence-electron chi connectivity index (χ2n) is 6.24. The van der Waals surface area contributed by atoms with E-state index in [0.29, 0.717) is 5.88 Å². The fraction of sp³-hybridized carbons (Fsp3) is 0.333. The lowest BCUT2D eigenvalue weighted by molar-refractivity contribution is 0.451. The first kappa shape index (κ1) is 16.4. The van der Waals surface area contributed by atoms with Crippen molar-refractivity contribution in [2.24, 2.45) is 0 Å². The summed E-state index contributed by atoms with van der Waals surface area (Å²) in [6.07, 6.45) is 0. The van der Waals surface area contributed by atoms with Crippen molar-refractivity contribution in [1.29, 1.82) is 0 Å². The van der Waals surface area contributed by atoms with Gasteiger partial charge < -0.3 is 4.74 Å². The van der Waals surface area contributed by atoms with Gasteiger partial charge >= 0.3 is 0 Å². The van der Waals surface area contributed by atoms with E-state index in [4.69, 9.17) is 16.3 Å². The molecule has 0 N–H and O–H groups in total. The summed E-state index contributed by atoms with van der Waals surface area (Å²) in [5, 5.41) is 0. The smallest absolute Gasteiger partial charge is 0.131 e. The van der Waals surface area contributed by atoms with Crippen LogP contribution in [0.25, 0.3) is 0 Å². The highest BCUT2D eigenvalue weighted by Crippen LogP contribution is 2.36. The van der Waals surface area contributed by atoms with E-state index in [1.54, 1.807) is 0 Å². The molecule has 2 aromatic rings. The van der Waals surface area contributed by atoms with Gasteiger partial charge in [-0.15, -0.1) is 11.6 Å². The van der Waals surface area contributed by atoms with Crippen molar-refractivity contribution >= 4 is 27.5 Å². The van der Waals surface area contributed by atoms with Crippen LogP contribution in [0.3, 0.4) is 0 Å². The second-order valence-corrected chi connectivity index (χ2v) is 7.42. The van der Waals surface area contributed by atoms with Crippen molar-refractivity contribution in [3.05, 3.63) is 57.6 Å². The second kappa shape index (κ2) is 6.41. The number of rotatable bonds is 3. The van der Waals surface area contributed by atoms with E-state index in [0.717, 1.165) is 21.5 Å². The van der Waals surface area contributed by atoms with E-state index in [9.17, 15) is 0 Å². The van der Waals surface area contributed by atoms with Crippen LogP contribution >= 0.6 is 27.5 Å². The van der Waals surface area contributed by atoms with Gasteiger partial charge in [0.15, 0.2) is 0 Å². The lowest BCUT2D eigenvalue weighted by Crippen LogP contribution is -2.12. The van der Waals surface area contributed by atoms with Crippen LogP contribution in [0, 0.1) is 6.92 Å². The van der Waals surface area contributed by atoms with E-state index < -0.39 is 0 Å². The Labute approximate surface area is 140 Å². The maximum atomic E-state index is 6.19. The maximum absolute atomic E-state index is 6.19. The SMILES string of the molecule is Cc1ccc(C(C)(C)C)c(Oc2ccc(Br)cc2CCl)c1. The van der Waals surface area contributed by atoms with Gasteiger partial charge in [0.2, 0.25) is 0 Å². The zero-order valence-electron chi connectivity index (χ0n) is 12.8. The quantitative estimate of drug-likeness (QED) is 0.556. The molecule has 0 aromatic heterocycles. The summed E-state index contributed by atoms with van der Waals surface area (Å²) < 4.78 is 7.19. The predicted octanol–water partition coefficient (Wildman–Crippen LogP) is 6.59. The minimum Gasteiger partial charge on any atom is -0.457 e. The molecule has 0 saturated heterocycles. The van der Waals surface area contributed by atoms with Gasteiger partial charge in [-0.2, -0.15) is 0 Å². The molecule has 0 bridgehead atoms. The minimum absolute atomic E-state index is 0.0273. The molecule has 0 amide bonds. The predicted molar refractivity (Wildman–Crippen MR) is 93.7 cm³/mol. The molecule has 2 aromatic carbocycles. The molecular weight excluding hydrogens is 348 g/mol. The summed E-state index contributed by atoms with van der Waals surface area (Å²) in [6, 6.07) is 12.3. The van der Waals surface area contributed by atoms with Gasteiger partial charge in [0.25, 0.3) is 0 Å². The third-order valence-corrected chi connectivity index (χ3v) is 4.11. The molecule has 0 saturated carbocycles. The summed E-state index contributed by atoms with van der Waals surface area (Å²) in [6.45, 7) is 8.64. The first-order valence-corrected chi connectivity index (χ1v) is 8.27. The fourth-order valence-corrected chi connectivity index (χ4v) is 2.82. The molecule has 0 radical (unpaired) electrons. The molecule has 21 heavy (non-hydrogen) atoms. The Bertz CT molecular complexity index is 644. The summed E-state index contributed by atoms with van der Waals surface area (Å²) >= 11 is 9.50. The van der Waals surface area contributed by atoms with Gasteiger partial charge in [0.1, 0.15) is 11.5 Å². The third kappa shape index (κ3) is 4.02. The summed E-state index contributed by atoms with van der Waals surface area (Å²) in [7, 11) is 0. The molecule has 0 aliphatic heterocycles. The number of benzene rings is 2. The topological polar surface area (TPSA) is 9.23 Å². The van der Waals surface area contributed by atoms with Gasteiger partial charge in [0, 0.05) is 15.6 Å². The van der Waals surface area contributed by atoms with Gasteiger partial charge in [0.05, 0.1) is 5.88 Å². The normalized spacial score (nSPS) is 11.5. The number of hydrogen-bond acceptors (Lipinski definition) is 1. The molecule has 0 heterocycles. The lowest BCUT2D eigenvalue weighted by Gasteiger charge is -2.23. The van der Waals surface area contributed by atoms with Gasteiger partial charge in [-0.3, -0.25) is 0 Å². The van der Waals surface area contributed by atoms with Crippen LogP contribution < -0.4 is 4.74 Å². The van der Waals surface area contributed by atoms with Crippen LogP contribution in [-0.4, -0.2) is 0 Å². The minimum atomic E-state index is 0.0273. The van der Waals surface area contributed by atoms with Crippen LogP contribution in [0.4, 0.5) is 0 Å². The largest absolute Gasteiger partial charge is 0.457 e. The van der Waals surface area contributed by atoms with Crippen molar-refractivity contribution in [2.75, 3.05) is 0 Å². The van der Waals surface area contributed by atoms with Crippen molar-refractivity contribution in [3.63, 3.8) is 0 Å². The highest BCUT2D eigenvalue weighted by atomic mass is 79.9. The molecule has 0 aliphatic rings. The summed E-state index contributed by atoms with van der Waals surface area (Å²) in [5.74, 6) is 2.13. The Balaban J connectivity index is 2.46. The highest BCUT2D eigenvalue weighted by Gasteiger charge is 2.20. The Hall–Kier alpha value is -0.990. The Morgan fingerprint density at radius 2 is 1.76 bits per heavy atom. The lowest BCUT2D eigenvalue weighted by atomic mass is 9.86.